The van der Waals surface area contributed by atoms with Gasteiger partial charge in [0.05, 0.1) is 5.60 Å². The highest BCUT2D eigenvalue weighted by atomic mass is 32.2. The molecule has 0 heterocycles. The molecule has 0 spiro atoms. The predicted octanol–water partition coefficient (Wildman–Crippen LogP) is 2.19. The van der Waals surface area contributed by atoms with E-state index in [0.29, 0.717) is 18.7 Å². The number of rotatable bonds is 7. The molecule has 1 aliphatic carbocycles. The molecule has 0 saturated heterocycles. The highest BCUT2D eigenvalue weighted by Crippen LogP contribution is 2.28. The Hall–Kier alpha value is -0.220. The second kappa shape index (κ2) is 7.27. The second-order valence-electron chi connectivity index (χ2n) is 5.40. The van der Waals surface area contributed by atoms with Gasteiger partial charge >= 0.3 is 0 Å². The van der Waals surface area contributed by atoms with Crippen molar-refractivity contribution in [2.24, 2.45) is 5.92 Å². The average Bonchev–Trinajstić information content (AvgIpc) is 2.76. The van der Waals surface area contributed by atoms with Crippen molar-refractivity contribution < 1.29 is 9.90 Å². The average molecular weight is 259 g/mol. The van der Waals surface area contributed by atoms with Crippen LogP contribution >= 0.6 is 11.8 Å². The number of nitrogens with one attached hydrogen (secondary N) is 1. The zero-order chi connectivity index (χ0) is 12.7. The zero-order valence-electron chi connectivity index (χ0n) is 11.0. The van der Waals surface area contributed by atoms with Gasteiger partial charge in [-0.3, -0.25) is 4.79 Å². The summed E-state index contributed by atoms with van der Waals surface area (Å²) in [6.07, 6.45) is 8.81. The van der Waals surface area contributed by atoms with Crippen LogP contribution in [0.1, 0.15) is 45.4 Å². The molecule has 0 aromatic rings. The number of aliphatic hydroxyl groups is 1. The molecule has 17 heavy (non-hydrogen) atoms. The SMILES string of the molecule is CSCC(C)(O)CNC(=O)CCC1CCCC1. The summed E-state index contributed by atoms with van der Waals surface area (Å²) < 4.78 is 0. The summed E-state index contributed by atoms with van der Waals surface area (Å²) in [6, 6.07) is 0. The summed E-state index contributed by atoms with van der Waals surface area (Å²) in [5, 5.41) is 12.7. The molecule has 0 aromatic carbocycles. The van der Waals surface area contributed by atoms with E-state index >= 15 is 0 Å². The summed E-state index contributed by atoms with van der Waals surface area (Å²) in [5.74, 6) is 1.49. The van der Waals surface area contributed by atoms with Gasteiger partial charge in [0.15, 0.2) is 0 Å². The van der Waals surface area contributed by atoms with Crippen LogP contribution in [-0.2, 0) is 4.79 Å². The normalized spacial score (nSPS) is 20.2. The van der Waals surface area contributed by atoms with E-state index in [4.69, 9.17) is 0 Å². The lowest BCUT2D eigenvalue weighted by Crippen LogP contribution is -2.42. The molecule has 3 nitrogen and oxygen atoms in total. The Kier molecular flexibility index (Phi) is 6.34. The molecule has 2 N–H and O–H groups in total. The highest BCUT2D eigenvalue weighted by Gasteiger charge is 2.21. The number of thioether (sulfide) groups is 1. The molecule has 1 saturated carbocycles. The van der Waals surface area contributed by atoms with Gasteiger partial charge in [-0.25, -0.2) is 0 Å². The third-order valence-corrected chi connectivity index (χ3v) is 4.29. The van der Waals surface area contributed by atoms with E-state index in [1.807, 2.05) is 6.26 Å². The lowest BCUT2D eigenvalue weighted by atomic mass is 10.0. The van der Waals surface area contributed by atoms with Crippen LogP contribution in [0.5, 0.6) is 0 Å². The number of hydrogen-bond acceptors (Lipinski definition) is 3. The van der Waals surface area contributed by atoms with Crippen molar-refractivity contribution in [2.75, 3.05) is 18.6 Å². The molecule has 1 aliphatic rings. The molecule has 1 atom stereocenters. The first-order chi connectivity index (χ1) is 8.03. The van der Waals surface area contributed by atoms with Gasteiger partial charge in [0.1, 0.15) is 0 Å². The molecule has 1 amide bonds. The molecule has 0 bridgehead atoms. The first kappa shape index (κ1) is 14.8. The molecule has 100 valence electrons. The standard InChI is InChI=1S/C13H25NO2S/c1-13(16,10-17-2)9-14-12(15)8-7-11-5-3-4-6-11/h11,16H,3-10H2,1-2H3,(H,14,15). The van der Waals surface area contributed by atoms with Crippen LogP contribution in [0.4, 0.5) is 0 Å². The van der Waals surface area contributed by atoms with Crippen molar-refractivity contribution in [2.45, 2.75) is 51.0 Å². The van der Waals surface area contributed by atoms with Crippen LogP contribution in [-0.4, -0.2) is 35.2 Å². The predicted molar refractivity (Wildman–Crippen MR) is 73.2 cm³/mol. The molecule has 1 rings (SSSR count). The van der Waals surface area contributed by atoms with Gasteiger partial charge in [0.25, 0.3) is 0 Å². The molecular formula is C13H25NO2S. The van der Waals surface area contributed by atoms with Crippen LogP contribution in [0.25, 0.3) is 0 Å². The van der Waals surface area contributed by atoms with Gasteiger partial charge in [-0.1, -0.05) is 25.7 Å². The van der Waals surface area contributed by atoms with Crippen molar-refractivity contribution in [1.82, 2.24) is 5.32 Å². The minimum absolute atomic E-state index is 0.0817. The Morgan fingerprint density at radius 1 is 1.47 bits per heavy atom. The molecule has 0 aromatic heterocycles. The van der Waals surface area contributed by atoms with Gasteiger partial charge in [0.2, 0.25) is 5.91 Å². The Morgan fingerprint density at radius 2 is 2.12 bits per heavy atom. The molecule has 1 fully saturated rings. The van der Waals surface area contributed by atoms with Crippen molar-refractivity contribution in [3.05, 3.63) is 0 Å². The van der Waals surface area contributed by atoms with Crippen LogP contribution in [0.3, 0.4) is 0 Å². The smallest absolute Gasteiger partial charge is 0.220 e. The molecule has 0 aliphatic heterocycles. The van der Waals surface area contributed by atoms with Crippen LogP contribution in [0.15, 0.2) is 0 Å². The van der Waals surface area contributed by atoms with E-state index in [1.54, 1.807) is 18.7 Å². The van der Waals surface area contributed by atoms with E-state index < -0.39 is 5.60 Å². The Balaban J connectivity index is 2.11. The Morgan fingerprint density at radius 3 is 2.71 bits per heavy atom. The van der Waals surface area contributed by atoms with Crippen molar-refractivity contribution in [1.29, 1.82) is 0 Å². The fraction of sp³-hybridized carbons (Fsp3) is 0.923. The lowest BCUT2D eigenvalue weighted by molar-refractivity contribution is -0.122. The maximum Gasteiger partial charge on any atom is 0.220 e. The second-order valence-corrected chi connectivity index (χ2v) is 6.26. The topological polar surface area (TPSA) is 49.3 Å². The summed E-state index contributed by atoms with van der Waals surface area (Å²) >= 11 is 1.59. The summed E-state index contributed by atoms with van der Waals surface area (Å²) in [4.78, 5) is 11.6. The van der Waals surface area contributed by atoms with Gasteiger partial charge in [-0.2, -0.15) is 11.8 Å². The monoisotopic (exact) mass is 259 g/mol. The first-order valence-corrected chi connectivity index (χ1v) is 7.91. The van der Waals surface area contributed by atoms with Crippen molar-refractivity contribution in [3.63, 3.8) is 0 Å². The van der Waals surface area contributed by atoms with E-state index in [2.05, 4.69) is 5.32 Å². The van der Waals surface area contributed by atoms with E-state index in [-0.39, 0.29) is 5.91 Å². The number of carbonyl (C=O) groups excluding carboxylic acids is 1. The Bertz CT molecular complexity index is 238. The fourth-order valence-electron chi connectivity index (χ4n) is 2.37. The first-order valence-electron chi connectivity index (χ1n) is 6.51. The van der Waals surface area contributed by atoms with Gasteiger partial charge < -0.3 is 10.4 Å². The quantitative estimate of drug-likeness (QED) is 0.737. The zero-order valence-corrected chi connectivity index (χ0v) is 11.8. The minimum Gasteiger partial charge on any atom is -0.387 e. The molecule has 4 heteroatoms. The van der Waals surface area contributed by atoms with Crippen LogP contribution in [0, 0.1) is 5.92 Å². The third kappa shape index (κ3) is 6.32. The minimum atomic E-state index is -0.789. The van der Waals surface area contributed by atoms with Gasteiger partial charge in [-0.05, 0) is 25.5 Å². The number of carbonyl (C=O) groups is 1. The number of amides is 1. The lowest BCUT2D eigenvalue weighted by Gasteiger charge is -2.22. The fourth-order valence-corrected chi connectivity index (χ4v) is 3.10. The van der Waals surface area contributed by atoms with Crippen LogP contribution < -0.4 is 5.32 Å². The maximum atomic E-state index is 11.6. The Labute approximate surface area is 109 Å². The summed E-state index contributed by atoms with van der Waals surface area (Å²) in [5.41, 5.74) is -0.789. The van der Waals surface area contributed by atoms with Gasteiger partial charge in [-0.15, -0.1) is 0 Å². The third-order valence-electron chi connectivity index (χ3n) is 3.38. The van der Waals surface area contributed by atoms with Crippen molar-refractivity contribution >= 4 is 17.7 Å². The molecule has 0 radical (unpaired) electrons. The van der Waals surface area contributed by atoms with E-state index in [0.717, 1.165) is 12.3 Å². The molecular weight excluding hydrogens is 234 g/mol. The maximum absolute atomic E-state index is 11.6. The summed E-state index contributed by atoms with van der Waals surface area (Å²) in [6.45, 7) is 2.12. The van der Waals surface area contributed by atoms with E-state index in [9.17, 15) is 9.90 Å². The largest absolute Gasteiger partial charge is 0.387 e. The van der Waals surface area contributed by atoms with Crippen molar-refractivity contribution in [3.8, 4) is 0 Å². The highest BCUT2D eigenvalue weighted by molar-refractivity contribution is 7.98. The van der Waals surface area contributed by atoms with Gasteiger partial charge in [0, 0.05) is 18.7 Å². The number of hydrogen-bond donors (Lipinski definition) is 2. The van der Waals surface area contributed by atoms with E-state index in [1.165, 1.54) is 25.7 Å². The molecule has 1 unspecified atom stereocenters. The van der Waals surface area contributed by atoms with Crippen LogP contribution in [0.2, 0.25) is 0 Å². The summed E-state index contributed by atoms with van der Waals surface area (Å²) in [7, 11) is 0.